The second-order valence-electron chi connectivity index (χ2n) is 3.86. The lowest BCUT2D eigenvalue weighted by Crippen LogP contribution is -2.20. The lowest BCUT2D eigenvalue weighted by atomic mass is 10.2. The molecule has 4 nitrogen and oxygen atoms in total. The summed E-state index contributed by atoms with van der Waals surface area (Å²) in [6.07, 6.45) is 0.554. The molecule has 0 atom stereocenters. The van der Waals surface area contributed by atoms with Crippen LogP contribution in [-0.4, -0.2) is 27.6 Å². The van der Waals surface area contributed by atoms with Crippen molar-refractivity contribution in [1.82, 2.24) is 8.75 Å². The van der Waals surface area contributed by atoms with Crippen LogP contribution in [0.3, 0.4) is 0 Å². The third kappa shape index (κ3) is 1.78. The van der Waals surface area contributed by atoms with Gasteiger partial charge in [-0.25, -0.2) is 0 Å². The van der Waals surface area contributed by atoms with Crippen LogP contribution in [0.2, 0.25) is 10.0 Å². The molecular weight excluding hydrogens is 281 g/mol. The fourth-order valence-electron chi connectivity index (χ4n) is 1.98. The van der Waals surface area contributed by atoms with Crippen molar-refractivity contribution in [2.45, 2.75) is 6.42 Å². The zero-order valence-electron chi connectivity index (χ0n) is 8.61. The third-order valence-corrected chi connectivity index (χ3v) is 3.87. The Bertz CT molecular complexity index is 613. The van der Waals surface area contributed by atoms with Gasteiger partial charge in [-0.2, -0.15) is 8.75 Å². The first-order valence-electron chi connectivity index (χ1n) is 5.03. The fourth-order valence-corrected chi connectivity index (χ4v) is 3.21. The van der Waals surface area contributed by atoms with Crippen LogP contribution >= 0.6 is 34.9 Å². The molecule has 1 saturated heterocycles. The summed E-state index contributed by atoms with van der Waals surface area (Å²) in [6, 6.07) is 1.66. The van der Waals surface area contributed by atoms with Crippen LogP contribution in [-0.2, 0) is 4.79 Å². The van der Waals surface area contributed by atoms with E-state index in [2.05, 4.69) is 8.75 Å². The molecule has 0 aliphatic carbocycles. The molecule has 17 heavy (non-hydrogen) atoms. The molecule has 0 spiro atoms. The molecule has 0 unspecified atom stereocenters. The summed E-state index contributed by atoms with van der Waals surface area (Å²) in [5.41, 5.74) is 2.10. The summed E-state index contributed by atoms with van der Waals surface area (Å²) in [4.78, 5) is 13.3. The Kier molecular flexibility index (Phi) is 2.69. The van der Waals surface area contributed by atoms with Crippen molar-refractivity contribution in [3.8, 4) is 0 Å². The van der Waals surface area contributed by atoms with Gasteiger partial charge in [-0.05, 0) is 6.07 Å². The van der Waals surface area contributed by atoms with Gasteiger partial charge in [0.05, 0.1) is 34.0 Å². The van der Waals surface area contributed by atoms with Crippen LogP contribution in [0.25, 0.3) is 11.0 Å². The molecule has 1 aliphatic heterocycles. The van der Waals surface area contributed by atoms with Gasteiger partial charge in [0.25, 0.3) is 0 Å². The number of carbonyl (C=O) groups excluding carboxylic acids is 1. The highest BCUT2D eigenvalue weighted by Gasteiger charge is 2.25. The number of halogens is 2. The number of rotatable bonds is 1. The van der Waals surface area contributed by atoms with Crippen LogP contribution in [0.4, 0.5) is 5.69 Å². The zero-order chi connectivity index (χ0) is 12.0. The van der Waals surface area contributed by atoms with Gasteiger partial charge < -0.3 is 4.90 Å². The molecule has 3 rings (SSSR count). The first-order chi connectivity index (χ1) is 8.16. The quantitative estimate of drug-likeness (QED) is 0.809. The standard InChI is InChI=1S/C10H7Cl2N3OS/c11-6-3-7(12)10(9-8(6)13-17-14-9)15-2-1-5(16)4-15/h3H,1-2,4H2. The van der Waals surface area contributed by atoms with Crippen molar-refractivity contribution in [1.29, 1.82) is 0 Å². The average molecular weight is 288 g/mol. The van der Waals surface area contributed by atoms with E-state index in [0.717, 1.165) is 17.4 Å². The number of benzene rings is 1. The summed E-state index contributed by atoms with van der Waals surface area (Å²) < 4.78 is 8.36. The van der Waals surface area contributed by atoms with E-state index in [1.165, 1.54) is 0 Å². The van der Waals surface area contributed by atoms with Gasteiger partial charge in [-0.15, -0.1) is 0 Å². The second kappa shape index (κ2) is 4.08. The van der Waals surface area contributed by atoms with Crippen LogP contribution in [0.5, 0.6) is 0 Å². The Hall–Kier alpha value is -0.910. The molecule has 1 fully saturated rings. The molecule has 2 aromatic rings. The van der Waals surface area contributed by atoms with Gasteiger partial charge in [0.1, 0.15) is 11.0 Å². The Morgan fingerprint density at radius 1 is 1.24 bits per heavy atom. The van der Waals surface area contributed by atoms with E-state index < -0.39 is 0 Å². The number of Topliss-reactive ketones (excluding diaryl/α,β-unsaturated/α-hetero) is 1. The largest absolute Gasteiger partial charge is 0.361 e. The molecule has 0 saturated carbocycles. The molecule has 0 N–H and O–H groups in total. The highest BCUT2D eigenvalue weighted by molar-refractivity contribution is 7.00. The molecule has 1 aromatic heterocycles. The molecule has 1 aliphatic rings. The summed E-state index contributed by atoms with van der Waals surface area (Å²) in [7, 11) is 0. The highest BCUT2D eigenvalue weighted by atomic mass is 35.5. The minimum atomic E-state index is 0.215. The van der Waals surface area contributed by atoms with Crippen molar-refractivity contribution < 1.29 is 4.79 Å². The Morgan fingerprint density at radius 3 is 2.71 bits per heavy atom. The van der Waals surface area contributed by atoms with E-state index in [1.807, 2.05) is 4.90 Å². The molecular formula is C10H7Cl2N3OS. The fraction of sp³-hybridized carbons (Fsp3) is 0.300. The Balaban J connectivity index is 2.21. The maximum Gasteiger partial charge on any atom is 0.153 e. The predicted molar refractivity (Wildman–Crippen MR) is 69.3 cm³/mol. The van der Waals surface area contributed by atoms with Crippen molar-refractivity contribution in [3.05, 3.63) is 16.1 Å². The van der Waals surface area contributed by atoms with Crippen LogP contribution < -0.4 is 4.90 Å². The summed E-state index contributed by atoms with van der Waals surface area (Å²) in [6.45, 7) is 1.06. The molecule has 88 valence electrons. The molecule has 2 heterocycles. The summed E-state index contributed by atoms with van der Waals surface area (Å²) in [5.74, 6) is 0.215. The van der Waals surface area contributed by atoms with Gasteiger partial charge >= 0.3 is 0 Å². The van der Waals surface area contributed by atoms with Crippen molar-refractivity contribution in [3.63, 3.8) is 0 Å². The van der Waals surface area contributed by atoms with Crippen molar-refractivity contribution in [2.75, 3.05) is 18.0 Å². The van der Waals surface area contributed by atoms with E-state index >= 15 is 0 Å². The minimum Gasteiger partial charge on any atom is -0.361 e. The molecule has 0 radical (unpaired) electrons. The number of hydrogen-bond acceptors (Lipinski definition) is 5. The van der Waals surface area contributed by atoms with E-state index in [0.29, 0.717) is 40.6 Å². The van der Waals surface area contributed by atoms with E-state index in [4.69, 9.17) is 23.2 Å². The Labute approximate surface area is 111 Å². The summed E-state index contributed by atoms with van der Waals surface area (Å²) >= 11 is 13.3. The maximum absolute atomic E-state index is 11.3. The normalized spacial score (nSPS) is 16.1. The topological polar surface area (TPSA) is 46.1 Å². The maximum atomic E-state index is 11.3. The van der Waals surface area contributed by atoms with E-state index in [-0.39, 0.29) is 5.78 Å². The van der Waals surface area contributed by atoms with Gasteiger partial charge in [0.2, 0.25) is 0 Å². The summed E-state index contributed by atoms with van der Waals surface area (Å²) in [5, 5.41) is 1.01. The molecule has 7 heteroatoms. The van der Waals surface area contributed by atoms with Gasteiger partial charge in [0.15, 0.2) is 5.78 Å². The number of carbonyl (C=O) groups is 1. The number of aromatic nitrogens is 2. The van der Waals surface area contributed by atoms with Gasteiger partial charge in [-0.3, -0.25) is 4.79 Å². The monoisotopic (exact) mass is 287 g/mol. The predicted octanol–water partition coefficient (Wildman–Crippen LogP) is 2.78. The van der Waals surface area contributed by atoms with Gasteiger partial charge in [0, 0.05) is 13.0 Å². The van der Waals surface area contributed by atoms with Crippen LogP contribution in [0.1, 0.15) is 6.42 Å². The average Bonchev–Trinajstić information content (AvgIpc) is 2.87. The Morgan fingerprint density at radius 2 is 2.00 bits per heavy atom. The molecule has 0 amide bonds. The van der Waals surface area contributed by atoms with Crippen LogP contribution in [0, 0.1) is 0 Å². The number of fused-ring (bicyclic) bond motifs is 1. The third-order valence-electron chi connectivity index (χ3n) is 2.76. The number of ketones is 1. The highest BCUT2D eigenvalue weighted by Crippen LogP contribution is 2.38. The van der Waals surface area contributed by atoms with Crippen molar-refractivity contribution in [2.24, 2.45) is 0 Å². The molecule has 0 bridgehead atoms. The van der Waals surface area contributed by atoms with Crippen molar-refractivity contribution >= 4 is 57.4 Å². The lowest BCUT2D eigenvalue weighted by Gasteiger charge is -2.18. The SMILES string of the molecule is O=C1CCN(c2c(Cl)cc(Cl)c3nsnc23)C1. The number of anilines is 1. The smallest absolute Gasteiger partial charge is 0.153 e. The number of nitrogens with zero attached hydrogens (tertiary/aromatic N) is 3. The second-order valence-corrected chi connectivity index (χ2v) is 5.20. The van der Waals surface area contributed by atoms with E-state index in [1.54, 1.807) is 6.07 Å². The van der Waals surface area contributed by atoms with Crippen LogP contribution in [0.15, 0.2) is 6.07 Å². The molecule has 1 aromatic carbocycles. The number of hydrogen-bond donors (Lipinski definition) is 0. The minimum absolute atomic E-state index is 0.215. The van der Waals surface area contributed by atoms with Gasteiger partial charge in [-0.1, -0.05) is 23.2 Å². The van der Waals surface area contributed by atoms with E-state index in [9.17, 15) is 4.79 Å². The first-order valence-corrected chi connectivity index (χ1v) is 6.52. The zero-order valence-corrected chi connectivity index (χ0v) is 10.9. The first kappa shape index (κ1) is 11.2. The lowest BCUT2D eigenvalue weighted by molar-refractivity contribution is -0.116.